The second kappa shape index (κ2) is 10.3. The third-order valence-electron chi connectivity index (χ3n) is 5.11. The lowest BCUT2D eigenvalue weighted by molar-refractivity contribution is -0.109. The summed E-state index contributed by atoms with van der Waals surface area (Å²) in [6, 6.07) is 9.25. The highest BCUT2D eigenvalue weighted by atomic mass is 32.2. The molecule has 1 saturated heterocycles. The monoisotopic (exact) mass is 430 g/mol. The van der Waals surface area contributed by atoms with Crippen molar-refractivity contribution in [2.75, 3.05) is 32.4 Å². The molecular formula is C21H26N4O4S. The Bertz CT molecular complexity index is 912. The number of rotatable bonds is 8. The van der Waals surface area contributed by atoms with Gasteiger partial charge in [-0.3, -0.25) is 14.6 Å². The van der Waals surface area contributed by atoms with Crippen molar-refractivity contribution < 1.29 is 18.5 Å². The minimum atomic E-state index is -1.00. The number of ether oxygens (including phenoxy) is 1. The van der Waals surface area contributed by atoms with Crippen LogP contribution in [0.1, 0.15) is 27.2 Å². The maximum absolute atomic E-state index is 12.7. The molecule has 3 rings (SSSR count). The number of nitrogens with one attached hydrogen (secondary N) is 1. The summed E-state index contributed by atoms with van der Waals surface area (Å²) in [5, 5.41) is 2.66. The lowest BCUT2D eigenvalue weighted by Gasteiger charge is -2.33. The van der Waals surface area contributed by atoms with E-state index in [4.69, 9.17) is 4.74 Å². The fraction of sp³-hybridized carbons (Fsp3) is 0.381. The first kappa shape index (κ1) is 21.9. The van der Waals surface area contributed by atoms with Gasteiger partial charge in [-0.2, -0.15) is 0 Å². The standard InChI is InChI=1S/C21H26N4O4S/c1-16-17(12-22-15-26)4-3-5-20(16)29-14-19-7-6-18(13-23-19)21(27)24-8-10-25(11-9-24)30(2)28/h3-7,13,15H,8-12,14H2,1-2H3,(H,22,26). The molecule has 160 valence electrons. The highest BCUT2D eigenvalue weighted by Gasteiger charge is 2.23. The smallest absolute Gasteiger partial charge is 0.255 e. The number of carbonyl (C=O) groups is 2. The van der Waals surface area contributed by atoms with Crippen molar-refractivity contribution in [3.8, 4) is 5.75 Å². The van der Waals surface area contributed by atoms with Crippen LogP contribution in [0.4, 0.5) is 0 Å². The number of hydrogen-bond donors (Lipinski definition) is 1. The van der Waals surface area contributed by atoms with E-state index in [0.29, 0.717) is 50.4 Å². The van der Waals surface area contributed by atoms with Gasteiger partial charge in [0.1, 0.15) is 12.4 Å². The summed E-state index contributed by atoms with van der Waals surface area (Å²) in [6.45, 7) is 4.99. The Morgan fingerprint density at radius 1 is 1.23 bits per heavy atom. The molecular weight excluding hydrogens is 404 g/mol. The van der Waals surface area contributed by atoms with E-state index in [0.717, 1.165) is 16.9 Å². The molecule has 9 heteroatoms. The summed E-state index contributed by atoms with van der Waals surface area (Å²) in [5.74, 6) is 0.663. The largest absolute Gasteiger partial charge is 0.487 e. The number of pyridine rings is 1. The maximum Gasteiger partial charge on any atom is 0.255 e. The zero-order valence-corrected chi connectivity index (χ0v) is 18.0. The topological polar surface area (TPSA) is 91.8 Å². The highest BCUT2D eigenvalue weighted by Crippen LogP contribution is 2.22. The second-order valence-electron chi connectivity index (χ2n) is 7.01. The first-order chi connectivity index (χ1) is 14.5. The van der Waals surface area contributed by atoms with Crippen molar-refractivity contribution in [3.05, 3.63) is 58.9 Å². The van der Waals surface area contributed by atoms with Gasteiger partial charge < -0.3 is 15.0 Å². The summed E-state index contributed by atoms with van der Waals surface area (Å²) in [7, 11) is -1.00. The Labute approximate surface area is 178 Å². The van der Waals surface area contributed by atoms with Gasteiger partial charge in [-0.15, -0.1) is 0 Å². The minimum Gasteiger partial charge on any atom is -0.487 e. The van der Waals surface area contributed by atoms with Crippen molar-refractivity contribution >= 4 is 23.3 Å². The van der Waals surface area contributed by atoms with E-state index in [1.54, 1.807) is 29.5 Å². The van der Waals surface area contributed by atoms with Gasteiger partial charge >= 0.3 is 0 Å². The first-order valence-electron chi connectivity index (χ1n) is 9.70. The predicted octanol–water partition coefficient (Wildman–Crippen LogP) is 1.27. The van der Waals surface area contributed by atoms with Crippen LogP contribution < -0.4 is 10.1 Å². The van der Waals surface area contributed by atoms with Crippen molar-refractivity contribution in [2.45, 2.75) is 20.1 Å². The molecule has 0 radical (unpaired) electrons. The molecule has 0 aliphatic carbocycles. The third-order valence-corrected chi connectivity index (χ3v) is 6.20. The molecule has 1 aromatic carbocycles. The lowest BCUT2D eigenvalue weighted by Crippen LogP contribution is -2.48. The fourth-order valence-electron chi connectivity index (χ4n) is 3.28. The van der Waals surface area contributed by atoms with Gasteiger partial charge in [0.25, 0.3) is 5.91 Å². The van der Waals surface area contributed by atoms with Crippen LogP contribution in [0.2, 0.25) is 0 Å². The van der Waals surface area contributed by atoms with Gasteiger partial charge in [-0.05, 0) is 36.2 Å². The molecule has 0 spiro atoms. The molecule has 0 bridgehead atoms. The van der Waals surface area contributed by atoms with Crippen molar-refractivity contribution in [3.63, 3.8) is 0 Å². The zero-order valence-electron chi connectivity index (χ0n) is 17.2. The van der Waals surface area contributed by atoms with Crippen LogP contribution in [-0.4, -0.2) is 63.2 Å². The van der Waals surface area contributed by atoms with E-state index in [9.17, 15) is 13.8 Å². The predicted molar refractivity (Wildman–Crippen MR) is 114 cm³/mol. The Kier molecular flexibility index (Phi) is 7.53. The van der Waals surface area contributed by atoms with Crippen molar-refractivity contribution in [2.24, 2.45) is 0 Å². The molecule has 2 heterocycles. The van der Waals surface area contributed by atoms with Crippen LogP contribution in [0.25, 0.3) is 0 Å². The van der Waals surface area contributed by atoms with Crippen LogP contribution in [-0.2, 0) is 28.9 Å². The van der Waals surface area contributed by atoms with Crippen LogP contribution in [0, 0.1) is 6.92 Å². The average Bonchev–Trinajstić information content (AvgIpc) is 2.77. The molecule has 1 N–H and O–H groups in total. The van der Waals surface area contributed by atoms with E-state index >= 15 is 0 Å². The fourth-order valence-corrected chi connectivity index (χ4v) is 3.96. The van der Waals surface area contributed by atoms with Gasteiger partial charge in [-0.25, -0.2) is 8.51 Å². The molecule has 30 heavy (non-hydrogen) atoms. The quantitative estimate of drug-likeness (QED) is 0.637. The van der Waals surface area contributed by atoms with Gasteiger partial charge in [-0.1, -0.05) is 12.1 Å². The second-order valence-corrected chi connectivity index (χ2v) is 8.37. The summed E-state index contributed by atoms with van der Waals surface area (Å²) in [5.41, 5.74) is 3.20. The van der Waals surface area contributed by atoms with Gasteiger partial charge in [0.15, 0.2) is 0 Å². The van der Waals surface area contributed by atoms with Gasteiger partial charge in [0.05, 0.1) is 22.2 Å². The van der Waals surface area contributed by atoms with Crippen LogP contribution in [0.3, 0.4) is 0 Å². The number of hydrogen-bond acceptors (Lipinski definition) is 5. The van der Waals surface area contributed by atoms with Crippen molar-refractivity contribution in [1.82, 2.24) is 19.5 Å². The van der Waals surface area contributed by atoms with E-state index in [1.807, 2.05) is 29.4 Å². The summed E-state index contributed by atoms with van der Waals surface area (Å²) >= 11 is 0. The Morgan fingerprint density at radius 3 is 2.63 bits per heavy atom. The molecule has 1 aliphatic rings. The lowest BCUT2D eigenvalue weighted by atomic mass is 10.1. The molecule has 2 aromatic rings. The number of aromatic nitrogens is 1. The first-order valence-corrected chi connectivity index (χ1v) is 11.2. The molecule has 0 saturated carbocycles. The highest BCUT2D eigenvalue weighted by molar-refractivity contribution is 7.81. The summed E-state index contributed by atoms with van der Waals surface area (Å²) in [6.07, 6.45) is 3.90. The molecule has 1 fully saturated rings. The number of nitrogens with zero attached hydrogens (tertiary/aromatic N) is 3. The van der Waals surface area contributed by atoms with Gasteiger partial charge in [0.2, 0.25) is 6.41 Å². The summed E-state index contributed by atoms with van der Waals surface area (Å²) < 4.78 is 19.3. The van der Waals surface area contributed by atoms with E-state index in [2.05, 4.69) is 10.3 Å². The number of carbonyl (C=O) groups excluding carboxylic acids is 2. The number of piperazine rings is 1. The molecule has 2 amide bonds. The van der Waals surface area contributed by atoms with E-state index in [1.165, 1.54) is 0 Å². The average molecular weight is 431 g/mol. The normalized spacial score (nSPS) is 15.5. The Hall–Kier alpha value is -2.78. The molecule has 8 nitrogen and oxygen atoms in total. The van der Waals surface area contributed by atoms with Gasteiger partial charge in [0, 0.05) is 45.2 Å². The maximum atomic E-state index is 12.7. The Balaban J connectivity index is 1.57. The van der Waals surface area contributed by atoms with Crippen molar-refractivity contribution in [1.29, 1.82) is 0 Å². The van der Waals surface area contributed by atoms with E-state index in [-0.39, 0.29) is 12.5 Å². The van der Waals surface area contributed by atoms with Crippen LogP contribution in [0.5, 0.6) is 5.75 Å². The zero-order chi connectivity index (χ0) is 21.5. The molecule has 1 aliphatic heterocycles. The number of benzene rings is 1. The summed E-state index contributed by atoms with van der Waals surface area (Å²) in [4.78, 5) is 29.3. The SMILES string of the molecule is Cc1c(CNC=O)cccc1OCc1ccc(C(=O)N2CCN(S(C)=O)CC2)cn1. The third kappa shape index (κ3) is 5.43. The molecule has 1 aromatic heterocycles. The molecule has 1 atom stereocenters. The molecule has 1 unspecified atom stereocenters. The van der Waals surface area contributed by atoms with Crippen LogP contribution in [0.15, 0.2) is 36.5 Å². The van der Waals surface area contributed by atoms with Crippen LogP contribution >= 0.6 is 0 Å². The number of amides is 2. The Morgan fingerprint density at radius 2 is 2.00 bits per heavy atom. The minimum absolute atomic E-state index is 0.0669. The van der Waals surface area contributed by atoms with E-state index < -0.39 is 11.0 Å².